The second-order valence-electron chi connectivity index (χ2n) is 3.48. The summed E-state index contributed by atoms with van der Waals surface area (Å²) in [7, 11) is 0. The molecule has 2 nitrogen and oxygen atoms in total. The second-order valence-corrected chi connectivity index (χ2v) is 4.39. The molecule has 3 heteroatoms. The molecule has 1 aromatic rings. The molecular weight excluding hydrogens is 230 g/mol. The SMILES string of the molecule is OC1CN(Cc2cccc(Br)c2)C1. The van der Waals surface area contributed by atoms with Crippen LogP contribution in [0, 0.1) is 0 Å². The minimum atomic E-state index is -0.104. The van der Waals surface area contributed by atoms with Crippen molar-refractivity contribution in [3.05, 3.63) is 34.3 Å². The number of β-amino-alcohol motifs (C(OH)–C–C–N with tert-alkyl or cyclic N) is 1. The van der Waals surface area contributed by atoms with Gasteiger partial charge in [0.25, 0.3) is 0 Å². The molecule has 0 bridgehead atoms. The van der Waals surface area contributed by atoms with Crippen LogP contribution >= 0.6 is 15.9 Å². The number of hydrogen-bond acceptors (Lipinski definition) is 2. The Morgan fingerprint density at radius 3 is 2.85 bits per heavy atom. The van der Waals surface area contributed by atoms with E-state index in [1.807, 2.05) is 12.1 Å². The molecular formula is C10H12BrNO. The smallest absolute Gasteiger partial charge is 0.0794 e. The Labute approximate surface area is 86.3 Å². The lowest BCUT2D eigenvalue weighted by molar-refractivity contribution is -0.00287. The maximum Gasteiger partial charge on any atom is 0.0794 e. The van der Waals surface area contributed by atoms with Crippen molar-refractivity contribution in [1.29, 1.82) is 0 Å². The van der Waals surface area contributed by atoms with Crippen molar-refractivity contribution in [3.8, 4) is 0 Å². The van der Waals surface area contributed by atoms with E-state index in [-0.39, 0.29) is 6.10 Å². The highest BCUT2D eigenvalue weighted by molar-refractivity contribution is 9.10. The Balaban J connectivity index is 1.94. The fraction of sp³-hybridized carbons (Fsp3) is 0.400. The van der Waals surface area contributed by atoms with Gasteiger partial charge in [0.1, 0.15) is 0 Å². The van der Waals surface area contributed by atoms with Gasteiger partial charge in [-0.15, -0.1) is 0 Å². The topological polar surface area (TPSA) is 23.5 Å². The predicted octanol–water partition coefficient (Wildman–Crippen LogP) is 1.63. The zero-order valence-electron chi connectivity index (χ0n) is 7.28. The molecule has 70 valence electrons. The third kappa shape index (κ3) is 2.30. The van der Waals surface area contributed by atoms with Crippen molar-refractivity contribution in [1.82, 2.24) is 4.90 Å². The summed E-state index contributed by atoms with van der Waals surface area (Å²) in [4.78, 5) is 2.23. The molecule has 0 spiro atoms. The van der Waals surface area contributed by atoms with Gasteiger partial charge in [-0.3, -0.25) is 4.90 Å². The first-order valence-corrected chi connectivity index (χ1v) is 5.18. The highest BCUT2D eigenvalue weighted by Crippen LogP contribution is 2.16. The predicted molar refractivity (Wildman–Crippen MR) is 55.4 cm³/mol. The minimum absolute atomic E-state index is 0.104. The molecule has 0 saturated carbocycles. The summed E-state index contributed by atoms with van der Waals surface area (Å²) >= 11 is 3.44. The number of hydrogen-bond donors (Lipinski definition) is 1. The molecule has 1 saturated heterocycles. The molecule has 13 heavy (non-hydrogen) atoms. The number of benzene rings is 1. The number of nitrogens with zero attached hydrogens (tertiary/aromatic N) is 1. The summed E-state index contributed by atoms with van der Waals surface area (Å²) in [5.74, 6) is 0. The van der Waals surface area contributed by atoms with Gasteiger partial charge in [-0.1, -0.05) is 28.1 Å². The Kier molecular flexibility index (Phi) is 2.67. The zero-order valence-corrected chi connectivity index (χ0v) is 8.87. The fourth-order valence-electron chi connectivity index (χ4n) is 1.57. The molecule has 1 aliphatic heterocycles. The van der Waals surface area contributed by atoms with Crippen LogP contribution in [0.4, 0.5) is 0 Å². The Morgan fingerprint density at radius 1 is 1.46 bits per heavy atom. The van der Waals surface area contributed by atoms with Crippen LogP contribution in [-0.2, 0) is 6.54 Å². The van der Waals surface area contributed by atoms with E-state index in [9.17, 15) is 0 Å². The van der Waals surface area contributed by atoms with Gasteiger partial charge in [0, 0.05) is 24.1 Å². The van der Waals surface area contributed by atoms with E-state index in [4.69, 9.17) is 5.11 Å². The first-order valence-electron chi connectivity index (χ1n) is 4.39. The molecule has 0 amide bonds. The van der Waals surface area contributed by atoms with E-state index < -0.39 is 0 Å². The van der Waals surface area contributed by atoms with Crippen molar-refractivity contribution in [3.63, 3.8) is 0 Å². The molecule has 1 aromatic carbocycles. The van der Waals surface area contributed by atoms with E-state index in [1.54, 1.807) is 0 Å². The quantitative estimate of drug-likeness (QED) is 0.851. The van der Waals surface area contributed by atoms with Gasteiger partial charge in [-0.05, 0) is 17.7 Å². The van der Waals surface area contributed by atoms with Crippen molar-refractivity contribution < 1.29 is 5.11 Å². The molecule has 1 heterocycles. The Bertz CT molecular complexity index is 297. The average Bonchev–Trinajstić information content (AvgIpc) is 2.01. The number of likely N-dealkylation sites (tertiary alicyclic amines) is 1. The number of rotatable bonds is 2. The molecule has 0 unspecified atom stereocenters. The molecule has 0 radical (unpaired) electrons. The lowest BCUT2D eigenvalue weighted by Gasteiger charge is -2.35. The van der Waals surface area contributed by atoms with E-state index in [0.29, 0.717) is 0 Å². The van der Waals surface area contributed by atoms with Gasteiger partial charge in [0.2, 0.25) is 0 Å². The van der Waals surface area contributed by atoms with Crippen LogP contribution in [0.25, 0.3) is 0 Å². The van der Waals surface area contributed by atoms with Gasteiger partial charge in [-0.2, -0.15) is 0 Å². The third-order valence-corrected chi connectivity index (χ3v) is 2.73. The summed E-state index contributed by atoms with van der Waals surface area (Å²) in [6, 6.07) is 8.28. The number of aliphatic hydroxyl groups excluding tert-OH is 1. The van der Waals surface area contributed by atoms with E-state index in [0.717, 1.165) is 24.1 Å². The average molecular weight is 242 g/mol. The van der Waals surface area contributed by atoms with Gasteiger partial charge in [-0.25, -0.2) is 0 Å². The summed E-state index contributed by atoms with van der Waals surface area (Å²) in [5.41, 5.74) is 1.29. The molecule has 0 atom stereocenters. The van der Waals surface area contributed by atoms with Crippen LogP contribution in [0.5, 0.6) is 0 Å². The fourth-order valence-corrected chi connectivity index (χ4v) is 2.01. The van der Waals surface area contributed by atoms with Crippen molar-refractivity contribution in [2.75, 3.05) is 13.1 Å². The molecule has 0 aliphatic carbocycles. The van der Waals surface area contributed by atoms with Gasteiger partial charge in [0.15, 0.2) is 0 Å². The van der Waals surface area contributed by atoms with Gasteiger partial charge < -0.3 is 5.11 Å². The van der Waals surface area contributed by atoms with Crippen LogP contribution in [0.3, 0.4) is 0 Å². The van der Waals surface area contributed by atoms with E-state index in [1.165, 1.54) is 5.56 Å². The van der Waals surface area contributed by atoms with Crippen molar-refractivity contribution >= 4 is 15.9 Å². The highest BCUT2D eigenvalue weighted by Gasteiger charge is 2.23. The minimum Gasteiger partial charge on any atom is -0.390 e. The molecule has 1 aliphatic rings. The largest absolute Gasteiger partial charge is 0.390 e. The van der Waals surface area contributed by atoms with Crippen LogP contribution in [-0.4, -0.2) is 29.2 Å². The highest BCUT2D eigenvalue weighted by atomic mass is 79.9. The van der Waals surface area contributed by atoms with Crippen molar-refractivity contribution in [2.24, 2.45) is 0 Å². The first kappa shape index (κ1) is 9.19. The monoisotopic (exact) mass is 241 g/mol. The summed E-state index contributed by atoms with van der Waals surface area (Å²) in [6.07, 6.45) is -0.104. The van der Waals surface area contributed by atoms with Crippen LogP contribution < -0.4 is 0 Å². The Morgan fingerprint density at radius 2 is 2.23 bits per heavy atom. The molecule has 2 rings (SSSR count). The zero-order chi connectivity index (χ0) is 9.26. The van der Waals surface area contributed by atoms with Crippen LogP contribution in [0.15, 0.2) is 28.7 Å². The van der Waals surface area contributed by atoms with Crippen LogP contribution in [0.2, 0.25) is 0 Å². The third-order valence-electron chi connectivity index (χ3n) is 2.23. The summed E-state index contributed by atoms with van der Waals surface area (Å²) in [5, 5.41) is 9.10. The van der Waals surface area contributed by atoms with E-state index in [2.05, 4.69) is 33.0 Å². The maximum atomic E-state index is 9.10. The van der Waals surface area contributed by atoms with Gasteiger partial charge in [0.05, 0.1) is 6.10 Å². The van der Waals surface area contributed by atoms with Crippen molar-refractivity contribution in [2.45, 2.75) is 12.6 Å². The standard InChI is InChI=1S/C10H12BrNO/c11-9-3-1-2-8(4-9)5-12-6-10(13)7-12/h1-4,10,13H,5-7H2. The number of aliphatic hydroxyl groups is 1. The molecule has 1 N–H and O–H groups in total. The normalized spacial score (nSPS) is 18.6. The summed E-state index contributed by atoms with van der Waals surface area (Å²) in [6.45, 7) is 2.57. The first-order chi connectivity index (χ1) is 6.24. The molecule has 1 fully saturated rings. The summed E-state index contributed by atoms with van der Waals surface area (Å²) < 4.78 is 1.12. The maximum absolute atomic E-state index is 9.10. The van der Waals surface area contributed by atoms with Crippen LogP contribution in [0.1, 0.15) is 5.56 Å². The van der Waals surface area contributed by atoms with Gasteiger partial charge >= 0.3 is 0 Å². The Hall–Kier alpha value is -0.380. The lowest BCUT2D eigenvalue weighted by Crippen LogP contribution is -2.49. The van der Waals surface area contributed by atoms with E-state index >= 15 is 0 Å². The lowest BCUT2D eigenvalue weighted by atomic mass is 10.1. The molecule has 0 aromatic heterocycles. The number of halogens is 1. The second kappa shape index (κ2) is 3.78.